The molecule has 0 aliphatic carbocycles. The molecule has 17 heavy (non-hydrogen) atoms. The van der Waals surface area contributed by atoms with E-state index in [4.69, 9.17) is 0 Å². The van der Waals surface area contributed by atoms with Crippen LogP contribution in [0.25, 0.3) is 0 Å². The van der Waals surface area contributed by atoms with Gasteiger partial charge in [0, 0.05) is 12.8 Å². The molecular weight excluding hydrogens is 210 g/mol. The van der Waals surface area contributed by atoms with Gasteiger partial charge in [0.1, 0.15) is 5.69 Å². The first kappa shape index (κ1) is 11.6. The molecule has 2 rings (SSSR count). The van der Waals surface area contributed by atoms with Crippen LogP contribution in [-0.2, 0) is 6.54 Å². The Kier molecular flexibility index (Phi) is 3.38. The van der Waals surface area contributed by atoms with Crippen molar-refractivity contribution >= 4 is 11.9 Å². The van der Waals surface area contributed by atoms with E-state index in [0.717, 1.165) is 29.2 Å². The molecule has 0 aliphatic heterocycles. The average molecular weight is 227 g/mol. The number of hydrogen-bond acceptors (Lipinski definition) is 2. The van der Waals surface area contributed by atoms with Gasteiger partial charge in [0.15, 0.2) is 0 Å². The standard InChI is InChI=1S/C14H17N3/c1-4-17-12(3)14(11(2)16-17)15-10-13-8-6-5-7-9-13/h5-10H,4H2,1-3H3. The molecule has 0 unspecified atom stereocenters. The minimum absolute atomic E-state index is 0.882. The third kappa shape index (κ3) is 2.44. The number of hydrogen-bond donors (Lipinski definition) is 0. The molecular formula is C14H17N3. The van der Waals surface area contributed by atoms with Crippen molar-refractivity contribution in [3.05, 3.63) is 47.3 Å². The molecule has 88 valence electrons. The van der Waals surface area contributed by atoms with Gasteiger partial charge in [0.05, 0.1) is 11.4 Å². The van der Waals surface area contributed by atoms with Gasteiger partial charge in [0.25, 0.3) is 0 Å². The lowest BCUT2D eigenvalue weighted by molar-refractivity contribution is 0.634. The summed E-state index contributed by atoms with van der Waals surface area (Å²) in [5.41, 5.74) is 4.19. The van der Waals surface area contributed by atoms with E-state index in [1.165, 1.54) is 0 Å². The van der Waals surface area contributed by atoms with Crippen molar-refractivity contribution < 1.29 is 0 Å². The van der Waals surface area contributed by atoms with E-state index in [1.54, 1.807) is 0 Å². The van der Waals surface area contributed by atoms with E-state index >= 15 is 0 Å². The molecule has 1 heterocycles. The van der Waals surface area contributed by atoms with Crippen LogP contribution >= 0.6 is 0 Å². The summed E-state index contributed by atoms with van der Waals surface area (Å²) in [6, 6.07) is 10.1. The number of benzene rings is 1. The molecule has 2 aromatic rings. The van der Waals surface area contributed by atoms with Crippen molar-refractivity contribution in [3.8, 4) is 0 Å². The second kappa shape index (κ2) is 4.95. The van der Waals surface area contributed by atoms with Gasteiger partial charge in [0.2, 0.25) is 0 Å². The van der Waals surface area contributed by atoms with Gasteiger partial charge in [-0.15, -0.1) is 0 Å². The van der Waals surface area contributed by atoms with Crippen molar-refractivity contribution in [3.63, 3.8) is 0 Å². The van der Waals surface area contributed by atoms with Crippen molar-refractivity contribution in [1.82, 2.24) is 9.78 Å². The summed E-state index contributed by atoms with van der Waals surface area (Å²) in [4.78, 5) is 4.54. The van der Waals surface area contributed by atoms with E-state index in [2.05, 4.69) is 23.9 Å². The second-order valence-electron chi connectivity index (χ2n) is 4.00. The first-order valence-corrected chi connectivity index (χ1v) is 5.85. The van der Waals surface area contributed by atoms with Crippen LogP contribution in [0.2, 0.25) is 0 Å². The van der Waals surface area contributed by atoms with Crippen LogP contribution in [0.4, 0.5) is 5.69 Å². The van der Waals surface area contributed by atoms with Crippen molar-refractivity contribution in [2.24, 2.45) is 4.99 Å². The fraction of sp³-hybridized carbons (Fsp3) is 0.286. The summed E-state index contributed by atoms with van der Waals surface area (Å²) in [5.74, 6) is 0. The number of aryl methyl sites for hydroxylation is 2. The SMILES string of the molecule is CCn1nc(C)c(N=Cc2ccccc2)c1C. The highest BCUT2D eigenvalue weighted by Crippen LogP contribution is 2.22. The maximum absolute atomic E-state index is 4.54. The molecule has 0 amide bonds. The summed E-state index contributed by atoms with van der Waals surface area (Å²) >= 11 is 0. The first-order chi connectivity index (χ1) is 8.22. The van der Waals surface area contributed by atoms with Gasteiger partial charge in [-0.25, -0.2) is 0 Å². The summed E-state index contributed by atoms with van der Waals surface area (Å²) < 4.78 is 1.98. The van der Waals surface area contributed by atoms with E-state index in [9.17, 15) is 0 Å². The summed E-state index contributed by atoms with van der Waals surface area (Å²) in [7, 11) is 0. The highest BCUT2D eigenvalue weighted by Gasteiger charge is 2.08. The molecule has 0 bridgehead atoms. The predicted octanol–water partition coefficient (Wildman–Crippen LogP) is 3.27. The lowest BCUT2D eigenvalue weighted by Gasteiger charge is -1.98. The Morgan fingerprint density at radius 3 is 2.53 bits per heavy atom. The highest BCUT2D eigenvalue weighted by atomic mass is 15.3. The van der Waals surface area contributed by atoms with Gasteiger partial charge in [-0.05, 0) is 26.3 Å². The van der Waals surface area contributed by atoms with Crippen LogP contribution in [-0.4, -0.2) is 16.0 Å². The minimum atomic E-state index is 0.882. The predicted molar refractivity (Wildman–Crippen MR) is 71.1 cm³/mol. The Morgan fingerprint density at radius 2 is 1.94 bits per heavy atom. The third-order valence-electron chi connectivity index (χ3n) is 2.79. The summed E-state index contributed by atoms with van der Waals surface area (Å²) in [6.07, 6.45) is 1.89. The zero-order valence-corrected chi connectivity index (χ0v) is 10.5. The fourth-order valence-corrected chi connectivity index (χ4v) is 1.86. The first-order valence-electron chi connectivity index (χ1n) is 5.85. The topological polar surface area (TPSA) is 30.2 Å². The number of rotatable bonds is 3. The number of nitrogens with zero attached hydrogens (tertiary/aromatic N) is 3. The van der Waals surface area contributed by atoms with Gasteiger partial charge in [-0.1, -0.05) is 30.3 Å². The van der Waals surface area contributed by atoms with Crippen LogP contribution in [0.3, 0.4) is 0 Å². The van der Waals surface area contributed by atoms with Gasteiger partial charge >= 0.3 is 0 Å². The molecule has 0 atom stereocenters. The smallest absolute Gasteiger partial charge is 0.107 e. The number of aliphatic imine (C=N–C) groups is 1. The Hall–Kier alpha value is -1.90. The van der Waals surface area contributed by atoms with Crippen LogP contribution in [0.1, 0.15) is 23.9 Å². The van der Waals surface area contributed by atoms with E-state index in [0.29, 0.717) is 0 Å². The van der Waals surface area contributed by atoms with E-state index < -0.39 is 0 Å². The molecule has 3 heteroatoms. The number of aromatic nitrogens is 2. The zero-order valence-electron chi connectivity index (χ0n) is 10.5. The normalized spacial score (nSPS) is 11.2. The fourth-order valence-electron chi connectivity index (χ4n) is 1.86. The highest BCUT2D eigenvalue weighted by molar-refractivity contribution is 5.82. The lowest BCUT2D eigenvalue weighted by Crippen LogP contribution is -1.98. The van der Waals surface area contributed by atoms with E-state index in [1.807, 2.05) is 48.2 Å². The quantitative estimate of drug-likeness (QED) is 0.740. The second-order valence-corrected chi connectivity index (χ2v) is 4.00. The van der Waals surface area contributed by atoms with Gasteiger partial charge < -0.3 is 0 Å². The minimum Gasteiger partial charge on any atom is -0.268 e. The molecule has 1 aromatic carbocycles. The molecule has 0 saturated carbocycles. The molecule has 0 spiro atoms. The molecule has 0 aliphatic rings. The largest absolute Gasteiger partial charge is 0.268 e. The molecule has 0 fully saturated rings. The molecule has 1 aromatic heterocycles. The Bertz CT molecular complexity index is 524. The maximum atomic E-state index is 4.54. The lowest BCUT2D eigenvalue weighted by atomic mass is 10.2. The van der Waals surface area contributed by atoms with Crippen molar-refractivity contribution in [2.75, 3.05) is 0 Å². The average Bonchev–Trinajstić information content (AvgIpc) is 2.63. The van der Waals surface area contributed by atoms with Crippen LogP contribution < -0.4 is 0 Å². The Labute approximate surface area is 102 Å². The molecule has 0 saturated heterocycles. The third-order valence-corrected chi connectivity index (χ3v) is 2.79. The van der Waals surface area contributed by atoms with Crippen LogP contribution in [0.5, 0.6) is 0 Å². The van der Waals surface area contributed by atoms with Gasteiger partial charge in [-0.2, -0.15) is 5.10 Å². The Morgan fingerprint density at radius 1 is 1.24 bits per heavy atom. The monoisotopic (exact) mass is 227 g/mol. The van der Waals surface area contributed by atoms with Crippen molar-refractivity contribution in [2.45, 2.75) is 27.3 Å². The van der Waals surface area contributed by atoms with Gasteiger partial charge in [-0.3, -0.25) is 9.67 Å². The molecule has 0 radical (unpaired) electrons. The van der Waals surface area contributed by atoms with Crippen LogP contribution in [0.15, 0.2) is 35.3 Å². The van der Waals surface area contributed by atoms with Crippen LogP contribution in [0, 0.1) is 13.8 Å². The molecule has 3 nitrogen and oxygen atoms in total. The zero-order chi connectivity index (χ0) is 12.3. The summed E-state index contributed by atoms with van der Waals surface area (Å²) in [6.45, 7) is 7.02. The molecule has 0 N–H and O–H groups in total. The van der Waals surface area contributed by atoms with Crippen molar-refractivity contribution in [1.29, 1.82) is 0 Å². The summed E-state index contributed by atoms with van der Waals surface area (Å²) in [5, 5.41) is 4.44. The maximum Gasteiger partial charge on any atom is 0.107 e. The van der Waals surface area contributed by atoms with E-state index in [-0.39, 0.29) is 0 Å². The Balaban J connectivity index is 2.30.